The number of carbonyl (C=O) groups excluding carboxylic acids is 1. The van der Waals surface area contributed by atoms with Gasteiger partial charge in [0.15, 0.2) is 0 Å². The number of H-pyrrole nitrogens is 1. The van der Waals surface area contributed by atoms with E-state index in [1.165, 1.54) is 0 Å². The van der Waals surface area contributed by atoms with Crippen LogP contribution in [0.4, 0.5) is 0 Å². The van der Waals surface area contributed by atoms with Crippen LogP contribution in [0.15, 0.2) is 52.1 Å². The predicted molar refractivity (Wildman–Crippen MR) is 90.7 cm³/mol. The molecule has 23 heavy (non-hydrogen) atoms. The molecule has 3 aromatic rings. The predicted octanol–water partition coefficient (Wildman–Crippen LogP) is 3.87. The first-order chi connectivity index (χ1) is 11.3. The normalized spacial score (nSPS) is 11.3. The highest BCUT2D eigenvalue weighted by molar-refractivity contribution is 6.00. The number of rotatable bonds is 6. The maximum atomic E-state index is 11.9. The van der Waals surface area contributed by atoms with Crippen molar-refractivity contribution in [3.8, 4) is 0 Å². The standard InChI is InChI=1S/C18H19N3O2/c1-2-3-9-17-14(13-7-4-5-10-16(13)23-17)12-20-21-18(22)15-8-6-11-19-15/h4-8,10-12,19H,2-3,9H2,1H3,(H,21,22)/b20-12-. The fraction of sp³-hybridized carbons (Fsp3) is 0.222. The zero-order valence-corrected chi connectivity index (χ0v) is 13.0. The third-order valence-corrected chi connectivity index (χ3v) is 3.67. The molecule has 0 bridgehead atoms. The number of hydrogen-bond acceptors (Lipinski definition) is 3. The van der Waals surface area contributed by atoms with Crippen LogP contribution < -0.4 is 5.43 Å². The minimum absolute atomic E-state index is 0.269. The summed E-state index contributed by atoms with van der Waals surface area (Å²) in [5, 5.41) is 5.09. The Balaban J connectivity index is 1.82. The summed E-state index contributed by atoms with van der Waals surface area (Å²) in [6.07, 6.45) is 6.37. The molecule has 0 aliphatic heterocycles. The van der Waals surface area contributed by atoms with E-state index in [9.17, 15) is 4.79 Å². The zero-order valence-electron chi connectivity index (χ0n) is 13.0. The lowest BCUT2D eigenvalue weighted by Gasteiger charge is -1.98. The van der Waals surface area contributed by atoms with Gasteiger partial charge in [-0.1, -0.05) is 31.5 Å². The quantitative estimate of drug-likeness (QED) is 0.536. The topological polar surface area (TPSA) is 70.4 Å². The Morgan fingerprint density at radius 2 is 2.17 bits per heavy atom. The van der Waals surface area contributed by atoms with Crippen molar-refractivity contribution in [3.05, 3.63) is 59.6 Å². The van der Waals surface area contributed by atoms with Crippen molar-refractivity contribution in [2.45, 2.75) is 26.2 Å². The molecule has 0 fully saturated rings. The number of hydrogen-bond donors (Lipinski definition) is 2. The molecule has 1 aromatic carbocycles. The van der Waals surface area contributed by atoms with E-state index in [0.717, 1.165) is 41.6 Å². The van der Waals surface area contributed by atoms with E-state index in [4.69, 9.17) is 4.42 Å². The zero-order chi connectivity index (χ0) is 16.1. The van der Waals surface area contributed by atoms with E-state index < -0.39 is 0 Å². The molecule has 0 atom stereocenters. The molecule has 0 saturated carbocycles. The number of para-hydroxylation sites is 1. The second-order valence-electron chi connectivity index (χ2n) is 5.32. The molecule has 0 radical (unpaired) electrons. The third kappa shape index (κ3) is 3.34. The van der Waals surface area contributed by atoms with E-state index in [2.05, 4.69) is 22.4 Å². The number of nitrogens with zero attached hydrogens (tertiary/aromatic N) is 1. The number of aromatic nitrogens is 1. The lowest BCUT2D eigenvalue weighted by Crippen LogP contribution is -2.17. The lowest BCUT2D eigenvalue weighted by molar-refractivity contribution is 0.0951. The third-order valence-electron chi connectivity index (χ3n) is 3.67. The molecule has 3 rings (SSSR count). The van der Waals surface area contributed by atoms with Crippen LogP contribution in [0.1, 0.15) is 41.6 Å². The van der Waals surface area contributed by atoms with Crippen LogP contribution in [0.25, 0.3) is 11.0 Å². The number of hydrazone groups is 1. The Kier molecular flexibility index (Phi) is 4.57. The van der Waals surface area contributed by atoms with Crippen molar-refractivity contribution in [2.75, 3.05) is 0 Å². The van der Waals surface area contributed by atoms with Crippen molar-refractivity contribution in [2.24, 2.45) is 5.10 Å². The molecule has 0 unspecified atom stereocenters. The van der Waals surface area contributed by atoms with Crippen molar-refractivity contribution in [1.29, 1.82) is 0 Å². The summed E-state index contributed by atoms with van der Waals surface area (Å²) in [6, 6.07) is 11.3. The molecule has 2 aromatic heterocycles. The van der Waals surface area contributed by atoms with Gasteiger partial charge in [0.05, 0.1) is 6.21 Å². The summed E-state index contributed by atoms with van der Waals surface area (Å²) < 4.78 is 5.92. The summed E-state index contributed by atoms with van der Waals surface area (Å²) in [5.41, 5.74) is 4.78. The van der Waals surface area contributed by atoms with Crippen LogP contribution in [-0.2, 0) is 6.42 Å². The van der Waals surface area contributed by atoms with Gasteiger partial charge in [-0.3, -0.25) is 4.79 Å². The smallest absolute Gasteiger partial charge is 0.287 e. The Morgan fingerprint density at radius 1 is 1.30 bits per heavy atom. The molecule has 0 saturated heterocycles. The van der Waals surface area contributed by atoms with Crippen molar-refractivity contribution < 1.29 is 9.21 Å². The van der Waals surface area contributed by atoms with Gasteiger partial charge in [-0.15, -0.1) is 0 Å². The van der Waals surface area contributed by atoms with Crippen LogP contribution >= 0.6 is 0 Å². The minimum atomic E-state index is -0.269. The van der Waals surface area contributed by atoms with Gasteiger partial charge in [-0.05, 0) is 24.6 Å². The van der Waals surface area contributed by atoms with Gasteiger partial charge >= 0.3 is 0 Å². The average molecular weight is 309 g/mol. The number of unbranched alkanes of at least 4 members (excludes halogenated alkanes) is 1. The summed E-state index contributed by atoms with van der Waals surface area (Å²) in [5.74, 6) is 0.639. The van der Waals surface area contributed by atoms with Gasteiger partial charge in [-0.25, -0.2) is 5.43 Å². The molecule has 0 spiro atoms. The highest BCUT2D eigenvalue weighted by atomic mass is 16.3. The molecule has 5 heteroatoms. The average Bonchev–Trinajstić information content (AvgIpc) is 3.21. The number of nitrogens with one attached hydrogen (secondary N) is 2. The summed E-state index contributed by atoms with van der Waals surface area (Å²) >= 11 is 0. The van der Waals surface area contributed by atoms with Crippen LogP contribution in [-0.4, -0.2) is 17.1 Å². The Labute approximate surface area is 134 Å². The highest BCUT2D eigenvalue weighted by Crippen LogP contribution is 2.25. The molecule has 2 N–H and O–H groups in total. The molecule has 0 aliphatic carbocycles. The summed E-state index contributed by atoms with van der Waals surface area (Å²) in [7, 11) is 0. The van der Waals surface area contributed by atoms with Crippen LogP contribution in [0.3, 0.4) is 0 Å². The molecular formula is C18H19N3O2. The molecule has 5 nitrogen and oxygen atoms in total. The lowest BCUT2D eigenvalue weighted by atomic mass is 10.1. The monoisotopic (exact) mass is 309 g/mol. The maximum Gasteiger partial charge on any atom is 0.287 e. The largest absolute Gasteiger partial charge is 0.460 e. The summed E-state index contributed by atoms with van der Waals surface area (Å²) in [6.45, 7) is 2.15. The SMILES string of the molecule is CCCCc1oc2ccccc2c1/C=N\NC(=O)c1ccc[nH]1. The number of aromatic amines is 1. The molecule has 2 heterocycles. The van der Waals surface area contributed by atoms with Gasteiger partial charge < -0.3 is 9.40 Å². The van der Waals surface area contributed by atoms with E-state index in [1.807, 2.05) is 24.3 Å². The van der Waals surface area contributed by atoms with Gasteiger partial charge in [0.1, 0.15) is 17.0 Å². The number of fused-ring (bicyclic) bond motifs is 1. The Hall–Kier alpha value is -2.82. The molecule has 1 amide bonds. The molecule has 118 valence electrons. The van der Waals surface area contributed by atoms with E-state index in [0.29, 0.717) is 5.69 Å². The Bertz CT molecular complexity index is 816. The highest BCUT2D eigenvalue weighted by Gasteiger charge is 2.12. The minimum Gasteiger partial charge on any atom is -0.460 e. The second-order valence-corrected chi connectivity index (χ2v) is 5.32. The van der Waals surface area contributed by atoms with Crippen LogP contribution in [0, 0.1) is 0 Å². The van der Waals surface area contributed by atoms with Crippen LogP contribution in [0.2, 0.25) is 0 Å². The van der Waals surface area contributed by atoms with Gasteiger partial charge in [0.25, 0.3) is 5.91 Å². The van der Waals surface area contributed by atoms with E-state index in [-0.39, 0.29) is 5.91 Å². The van der Waals surface area contributed by atoms with Gasteiger partial charge in [-0.2, -0.15) is 5.10 Å². The fourth-order valence-corrected chi connectivity index (χ4v) is 2.47. The number of amides is 1. The van der Waals surface area contributed by atoms with Gasteiger partial charge in [0, 0.05) is 23.6 Å². The fourth-order valence-electron chi connectivity index (χ4n) is 2.47. The number of carbonyl (C=O) groups is 1. The first-order valence-corrected chi connectivity index (χ1v) is 7.76. The van der Waals surface area contributed by atoms with Crippen molar-refractivity contribution in [3.63, 3.8) is 0 Å². The second kappa shape index (κ2) is 6.96. The first-order valence-electron chi connectivity index (χ1n) is 7.76. The number of aryl methyl sites for hydroxylation is 1. The van der Waals surface area contributed by atoms with E-state index >= 15 is 0 Å². The van der Waals surface area contributed by atoms with Crippen molar-refractivity contribution >= 4 is 23.1 Å². The maximum absolute atomic E-state index is 11.9. The molecular weight excluding hydrogens is 290 g/mol. The Morgan fingerprint density at radius 3 is 2.96 bits per heavy atom. The van der Waals surface area contributed by atoms with Crippen LogP contribution in [0.5, 0.6) is 0 Å². The van der Waals surface area contributed by atoms with E-state index in [1.54, 1.807) is 24.5 Å². The number of benzene rings is 1. The summed E-state index contributed by atoms with van der Waals surface area (Å²) in [4.78, 5) is 14.7. The van der Waals surface area contributed by atoms with Crippen molar-refractivity contribution in [1.82, 2.24) is 10.4 Å². The number of furan rings is 1. The molecule has 0 aliphatic rings. The first kappa shape index (κ1) is 15.1. The van der Waals surface area contributed by atoms with Gasteiger partial charge in [0.2, 0.25) is 0 Å².